The number of rotatable bonds is 49. The topological polar surface area (TPSA) is 456 Å². The number of aromatic nitrogens is 1. The summed E-state index contributed by atoms with van der Waals surface area (Å²) in [7, 11) is 4.75. The van der Waals surface area contributed by atoms with Crippen LogP contribution in [0.25, 0.3) is 0 Å². The maximum absolute atomic E-state index is 13.4. The number of unbranched alkanes of at least 4 members (excludes halogenated alkanes) is 1. The fraction of sp³-hybridized carbons (Fsp3) is 0.563. The number of aliphatic hydroxyl groups excluding tert-OH is 3. The van der Waals surface area contributed by atoms with Crippen molar-refractivity contribution in [1.29, 1.82) is 0 Å². The Balaban J connectivity index is 0.761. The highest BCUT2D eigenvalue weighted by atomic mass is 16.7. The molecule has 0 radical (unpaired) electrons. The van der Waals surface area contributed by atoms with Crippen LogP contribution in [0.3, 0.4) is 0 Å². The molecule has 12 N–H and O–H groups in total. The summed E-state index contributed by atoms with van der Waals surface area (Å²) in [5.41, 5.74) is 8.51. The van der Waals surface area contributed by atoms with E-state index in [1.54, 1.807) is 37.1 Å². The monoisotopic (exact) mass is 1490 g/mol. The second kappa shape index (κ2) is 46.2. The Kier molecular flexibility index (Phi) is 36.7. The van der Waals surface area contributed by atoms with Gasteiger partial charge >= 0.3 is 12.1 Å². The van der Waals surface area contributed by atoms with Crippen LogP contribution in [0.1, 0.15) is 90.6 Å². The number of carboxylic acids is 1. The Morgan fingerprint density at radius 3 is 1.90 bits per heavy atom. The number of fused-ring (bicyclic) bond motifs is 2. The lowest BCUT2D eigenvalue weighted by molar-refractivity contribution is -0.271. The molecule has 0 bridgehead atoms. The van der Waals surface area contributed by atoms with E-state index in [-0.39, 0.29) is 104 Å². The van der Waals surface area contributed by atoms with Crippen LogP contribution in [-0.2, 0) is 85.0 Å². The number of nitrogens with two attached hydrogens (primary N) is 1. The summed E-state index contributed by atoms with van der Waals surface area (Å²) in [5, 5.41) is 57.2. The molecular formula is C71H100N10O25. The minimum atomic E-state index is -2.01. The predicted molar refractivity (Wildman–Crippen MR) is 382 cm³/mol. The number of carbonyl (C=O) groups is 8. The number of carbonyl (C=O) groups excluding carboxylic acids is 7. The molecule has 35 heteroatoms. The van der Waals surface area contributed by atoms with Crippen LogP contribution in [0.2, 0.25) is 0 Å². The molecular weight excluding hydrogens is 1390 g/mol. The van der Waals surface area contributed by atoms with Gasteiger partial charge in [0, 0.05) is 82.9 Å². The van der Waals surface area contributed by atoms with Crippen molar-refractivity contribution < 1.29 is 120 Å². The molecule has 35 nitrogen and oxygen atoms in total. The summed E-state index contributed by atoms with van der Waals surface area (Å²) < 4.78 is 72.6. The maximum atomic E-state index is 13.4. The minimum Gasteiger partial charge on any atom is -0.493 e. The molecule has 0 saturated carbocycles. The number of aliphatic imine (C=N–C) groups is 1. The third kappa shape index (κ3) is 28.7. The molecule has 4 heterocycles. The summed E-state index contributed by atoms with van der Waals surface area (Å²) in [6, 6.07) is 14.0. The first-order valence-corrected chi connectivity index (χ1v) is 35.2. The molecule has 0 aliphatic carbocycles. The lowest BCUT2D eigenvalue weighted by Gasteiger charge is -2.38. The second-order valence-electron chi connectivity index (χ2n) is 24.6. The van der Waals surface area contributed by atoms with Gasteiger partial charge in [-0.2, -0.15) is 0 Å². The fourth-order valence-corrected chi connectivity index (χ4v) is 10.9. The van der Waals surface area contributed by atoms with Crippen molar-refractivity contribution in [2.75, 3.05) is 161 Å². The van der Waals surface area contributed by atoms with Crippen LogP contribution in [-0.4, -0.2) is 266 Å². The van der Waals surface area contributed by atoms with E-state index < -0.39 is 66.5 Å². The van der Waals surface area contributed by atoms with Gasteiger partial charge in [0.25, 0.3) is 11.8 Å². The normalized spacial score (nSPS) is 17.8. The molecule has 7 rings (SSSR count). The summed E-state index contributed by atoms with van der Waals surface area (Å²) in [5.74, 6) is -3.40. The third-order valence-corrected chi connectivity index (χ3v) is 16.6. The largest absolute Gasteiger partial charge is 0.493 e. The quantitative estimate of drug-likeness (QED) is 0.0283. The van der Waals surface area contributed by atoms with E-state index in [0.717, 1.165) is 19.3 Å². The number of ether oxygens (including phenoxy) is 13. The van der Waals surface area contributed by atoms with Crippen molar-refractivity contribution in [3.63, 3.8) is 0 Å². The molecule has 1 aromatic heterocycles. The number of piperidine rings is 1. The van der Waals surface area contributed by atoms with Crippen molar-refractivity contribution in [3.05, 3.63) is 83.7 Å². The first-order chi connectivity index (χ1) is 51.3. The summed E-state index contributed by atoms with van der Waals surface area (Å²) in [4.78, 5) is 110. The number of anilines is 4. The first-order valence-electron chi connectivity index (χ1n) is 35.2. The molecule has 3 aromatic carbocycles. The summed E-state index contributed by atoms with van der Waals surface area (Å²) >= 11 is 0. The fourth-order valence-electron chi connectivity index (χ4n) is 10.9. The zero-order valence-corrected chi connectivity index (χ0v) is 60.0. The van der Waals surface area contributed by atoms with Gasteiger partial charge in [-0.3, -0.25) is 39.1 Å². The predicted octanol–water partition coefficient (Wildman–Crippen LogP) is 3.03. The Labute approximate surface area is 613 Å². The number of benzene rings is 3. The second-order valence-corrected chi connectivity index (χ2v) is 24.6. The van der Waals surface area contributed by atoms with E-state index in [1.165, 1.54) is 55.6 Å². The van der Waals surface area contributed by atoms with Crippen molar-refractivity contribution in [1.82, 2.24) is 20.1 Å². The van der Waals surface area contributed by atoms with E-state index >= 15 is 0 Å². The molecule has 7 amide bonds. The lowest BCUT2D eigenvalue weighted by atomic mass is 9.99. The Morgan fingerprint density at radius 2 is 1.25 bits per heavy atom. The van der Waals surface area contributed by atoms with Crippen LogP contribution >= 0.6 is 0 Å². The number of hydrogen-bond donors (Lipinski definition) is 11. The van der Waals surface area contributed by atoms with E-state index in [4.69, 9.17) is 67.3 Å². The highest BCUT2D eigenvalue weighted by molar-refractivity contribution is 6.05. The number of carboxylic acid groups (broad SMARTS) is 1. The van der Waals surface area contributed by atoms with Crippen molar-refractivity contribution in [2.45, 2.75) is 114 Å². The van der Waals surface area contributed by atoms with Gasteiger partial charge in [-0.25, -0.2) is 9.59 Å². The van der Waals surface area contributed by atoms with Gasteiger partial charge in [-0.15, -0.1) is 0 Å². The molecule has 0 spiro atoms. The number of nitrogens with one attached hydrogen (secondary N) is 6. The first kappa shape index (κ1) is 84.3. The lowest BCUT2D eigenvalue weighted by Crippen LogP contribution is -2.61. The van der Waals surface area contributed by atoms with Gasteiger partial charge in [-0.1, -0.05) is 6.07 Å². The molecule has 3 aliphatic rings. The number of nitrogens with zero attached hydrogens (tertiary/aromatic N) is 3. The summed E-state index contributed by atoms with van der Waals surface area (Å²) in [6.45, 7) is 7.01. The van der Waals surface area contributed by atoms with Crippen LogP contribution < -0.4 is 51.8 Å². The van der Waals surface area contributed by atoms with Gasteiger partial charge in [0.05, 0.1) is 148 Å². The van der Waals surface area contributed by atoms with E-state index in [1.807, 2.05) is 11.1 Å². The van der Waals surface area contributed by atoms with E-state index in [2.05, 4.69) is 36.9 Å². The van der Waals surface area contributed by atoms with Gasteiger partial charge in [-0.05, 0) is 99.0 Å². The number of methoxy groups -OCH3 is 2. The highest BCUT2D eigenvalue weighted by Gasteiger charge is 2.48. The molecule has 584 valence electrons. The zero-order valence-electron chi connectivity index (χ0n) is 60.0. The Bertz CT molecular complexity index is 3470. The Hall–Kier alpha value is -8.95. The van der Waals surface area contributed by atoms with Crippen LogP contribution in [0, 0.1) is 0 Å². The minimum absolute atomic E-state index is 0.0582. The third-order valence-electron chi connectivity index (χ3n) is 16.6. The van der Waals surface area contributed by atoms with Gasteiger partial charge < -0.3 is 124 Å². The number of hydrogen-bond acceptors (Lipinski definition) is 26. The molecule has 4 aromatic rings. The number of aliphatic hydroxyl groups is 3. The highest BCUT2D eigenvalue weighted by Crippen LogP contribution is 2.38. The number of amides is 7. The van der Waals surface area contributed by atoms with E-state index in [0.29, 0.717) is 159 Å². The van der Waals surface area contributed by atoms with Gasteiger partial charge in [0.2, 0.25) is 29.9 Å². The van der Waals surface area contributed by atoms with Crippen LogP contribution in [0.5, 0.6) is 17.2 Å². The molecule has 0 unspecified atom stereocenters. The zero-order chi connectivity index (χ0) is 76.0. The van der Waals surface area contributed by atoms with Crippen LogP contribution in [0.15, 0.2) is 71.9 Å². The summed E-state index contributed by atoms with van der Waals surface area (Å²) in [6.07, 6.45) is -2.92. The SMILES string of the molecule is COCCOCCOCCOCCOCCOCCOCCOCCC(=O)NCCCC[C@H](N)C(=O)NCCC(=O)Nc1cc(COC(=O)Nc2ccc(NC(=O)c3cc(NC(=O)CCCOc4cc5c(cc4OC)C(=O)N4CCCC[C@H]4C=N5)cn3C)cc2)ccc1O[C@@H]1O[C@H](C(=O)O)[C@@H](O)[C@H](O)[C@H]1O. The molecule has 3 aliphatic heterocycles. The smallest absolute Gasteiger partial charge is 0.411 e. The van der Waals surface area contributed by atoms with Crippen molar-refractivity contribution in [3.8, 4) is 17.2 Å². The Morgan fingerprint density at radius 1 is 0.623 bits per heavy atom. The van der Waals surface area contributed by atoms with Crippen molar-refractivity contribution in [2.24, 2.45) is 17.8 Å². The number of aliphatic carboxylic acids is 1. The van der Waals surface area contributed by atoms with E-state index in [9.17, 15) is 58.8 Å². The maximum Gasteiger partial charge on any atom is 0.411 e. The van der Waals surface area contributed by atoms with Gasteiger partial charge in [0.15, 0.2) is 17.6 Å². The molecule has 2 saturated heterocycles. The number of aryl methyl sites for hydroxylation is 1. The standard InChI is InChI=1S/C71H100N10O25/c1-80-44-49(76-60(83)11-8-23-103-58-42-53-51(41-57(58)95-3)68(90)81-22-7-5-9-50(81)43-75-53)40-55(80)67(89)77-47-13-15-48(16-14-47)78-71(93)104-45-46-12-17-56(105-70-64(87)62(85)63(86)65(106-70)69(91)92)54(39-46)79-61(84)18-21-74-66(88)52(72)10-4-6-20-73-59(82)19-24-96-27-28-98-31-32-100-35-36-102-38-37-101-34-33-99-30-29-97-26-25-94-2/h12-17,39-44,50,52,62-65,70,85-87H,4-11,18-38,45,72H2,1-3H3,(H,73,82)(H,74,88)(H,76,83)(H,77,89)(H,78,93)(H,79,84)(H,91,92)/t50-,52-,62-,63-,64+,65-,70+/m0/s1. The average Bonchev–Trinajstić information content (AvgIpc) is 1.34. The van der Waals surface area contributed by atoms with Gasteiger partial charge in [0.1, 0.15) is 36.4 Å². The average molecular weight is 1490 g/mol. The molecule has 106 heavy (non-hydrogen) atoms. The van der Waals surface area contributed by atoms with Crippen LogP contribution in [0.4, 0.5) is 33.2 Å². The van der Waals surface area contributed by atoms with Crippen molar-refractivity contribution >= 4 is 82.2 Å². The molecule has 2 fully saturated rings. The molecule has 7 atom stereocenters.